The van der Waals surface area contributed by atoms with Gasteiger partial charge in [-0.2, -0.15) is 0 Å². The van der Waals surface area contributed by atoms with Crippen molar-refractivity contribution in [2.24, 2.45) is 0 Å². The quantitative estimate of drug-likeness (QED) is 0.862. The fourth-order valence-corrected chi connectivity index (χ4v) is 2.40. The molecule has 0 radical (unpaired) electrons. The van der Waals surface area contributed by atoms with Gasteiger partial charge in [0.15, 0.2) is 15.6 Å². The number of rotatable bonds is 5. The molecular formula is C15H14FNO3S. The number of hydrogen-bond donors (Lipinski definition) is 1. The average Bonchev–Trinajstić information content (AvgIpc) is 2.45. The smallest absolute Gasteiger partial charge is 0.181 e. The third-order valence-corrected chi connectivity index (χ3v) is 4.05. The summed E-state index contributed by atoms with van der Waals surface area (Å²) in [5.74, 6) is -0.684. The molecule has 0 saturated carbocycles. The molecule has 0 amide bonds. The molecule has 0 spiro atoms. The Kier molecular flexibility index (Phi) is 4.37. The minimum atomic E-state index is -3.28. The molecule has 6 heteroatoms. The van der Waals surface area contributed by atoms with Crippen LogP contribution in [0.4, 0.5) is 10.1 Å². The van der Waals surface area contributed by atoms with E-state index in [1.807, 2.05) is 0 Å². The van der Waals surface area contributed by atoms with Gasteiger partial charge < -0.3 is 5.32 Å². The van der Waals surface area contributed by atoms with E-state index in [1.54, 1.807) is 12.1 Å². The number of halogens is 1. The highest BCUT2D eigenvalue weighted by Gasteiger charge is 2.10. The molecule has 110 valence electrons. The van der Waals surface area contributed by atoms with Crippen LogP contribution >= 0.6 is 0 Å². The first-order valence-electron chi connectivity index (χ1n) is 6.19. The molecule has 0 atom stereocenters. The first-order chi connectivity index (χ1) is 9.88. The number of sulfone groups is 1. The molecule has 2 aromatic rings. The van der Waals surface area contributed by atoms with Crippen molar-refractivity contribution in [1.29, 1.82) is 0 Å². The van der Waals surface area contributed by atoms with E-state index in [4.69, 9.17) is 0 Å². The number of carbonyl (C=O) groups is 1. The number of nitrogens with one attached hydrogen (secondary N) is 1. The maximum atomic E-state index is 13.4. The summed E-state index contributed by atoms with van der Waals surface area (Å²) in [6, 6.07) is 11.7. The summed E-state index contributed by atoms with van der Waals surface area (Å²) in [4.78, 5) is 12.1. The van der Waals surface area contributed by atoms with Gasteiger partial charge in [0.1, 0.15) is 5.82 Å². The van der Waals surface area contributed by atoms with Gasteiger partial charge in [0.25, 0.3) is 0 Å². The maximum Gasteiger partial charge on any atom is 0.181 e. The molecule has 0 fully saturated rings. The lowest BCUT2D eigenvalue weighted by atomic mass is 10.1. The zero-order valence-corrected chi connectivity index (χ0v) is 12.2. The number of ketones is 1. The molecule has 0 saturated heterocycles. The number of benzene rings is 2. The predicted molar refractivity (Wildman–Crippen MR) is 78.8 cm³/mol. The van der Waals surface area contributed by atoms with Gasteiger partial charge in [-0.15, -0.1) is 0 Å². The lowest BCUT2D eigenvalue weighted by molar-refractivity contribution is 0.101. The van der Waals surface area contributed by atoms with Gasteiger partial charge in [-0.1, -0.05) is 24.3 Å². The van der Waals surface area contributed by atoms with E-state index in [-0.39, 0.29) is 22.9 Å². The van der Waals surface area contributed by atoms with Crippen molar-refractivity contribution < 1.29 is 17.6 Å². The molecule has 0 heterocycles. The van der Waals surface area contributed by atoms with Crippen LogP contribution in [0.25, 0.3) is 0 Å². The molecule has 2 rings (SSSR count). The Morgan fingerprint density at radius 2 is 1.71 bits per heavy atom. The first kappa shape index (κ1) is 15.2. The Labute approximate surface area is 122 Å². The highest BCUT2D eigenvalue weighted by molar-refractivity contribution is 7.90. The van der Waals surface area contributed by atoms with Crippen molar-refractivity contribution in [2.45, 2.75) is 4.90 Å². The molecule has 0 aliphatic carbocycles. The standard InChI is InChI=1S/C15H14FNO3S/c1-21(19,20)12-8-6-11(7-9-12)15(18)10-17-14-5-3-2-4-13(14)16/h2-9,17H,10H2,1H3. The fraction of sp³-hybridized carbons (Fsp3) is 0.133. The van der Waals surface area contributed by atoms with Gasteiger partial charge in [-0.05, 0) is 24.3 Å². The van der Waals surface area contributed by atoms with Crippen LogP contribution in [0, 0.1) is 5.82 Å². The molecule has 21 heavy (non-hydrogen) atoms. The van der Waals surface area contributed by atoms with Crippen LogP contribution in [0.15, 0.2) is 53.4 Å². The summed E-state index contributed by atoms with van der Waals surface area (Å²) in [5, 5.41) is 2.71. The van der Waals surface area contributed by atoms with E-state index in [9.17, 15) is 17.6 Å². The van der Waals surface area contributed by atoms with E-state index in [0.29, 0.717) is 5.56 Å². The molecule has 0 unspecified atom stereocenters. The van der Waals surface area contributed by atoms with Crippen molar-refractivity contribution in [3.63, 3.8) is 0 Å². The number of para-hydroxylation sites is 1. The van der Waals surface area contributed by atoms with Crippen LogP contribution in [-0.4, -0.2) is 27.0 Å². The second kappa shape index (κ2) is 6.05. The third-order valence-electron chi connectivity index (χ3n) is 2.92. The molecule has 0 aromatic heterocycles. The fourth-order valence-electron chi connectivity index (χ4n) is 1.77. The summed E-state index contributed by atoms with van der Waals surface area (Å²) in [5.41, 5.74) is 0.616. The zero-order chi connectivity index (χ0) is 15.5. The third kappa shape index (κ3) is 3.88. The average molecular weight is 307 g/mol. The highest BCUT2D eigenvalue weighted by Crippen LogP contribution is 2.14. The van der Waals surface area contributed by atoms with Crippen LogP contribution < -0.4 is 5.32 Å². The molecule has 0 bridgehead atoms. The summed E-state index contributed by atoms with van der Waals surface area (Å²) >= 11 is 0. The lowest BCUT2D eigenvalue weighted by Gasteiger charge is -2.07. The molecule has 0 aliphatic heterocycles. The molecule has 2 aromatic carbocycles. The van der Waals surface area contributed by atoms with Gasteiger partial charge in [0.05, 0.1) is 17.1 Å². The van der Waals surface area contributed by atoms with Crippen LogP contribution in [0.5, 0.6) is 0 Å². The topological polar surface area (TPSA) is 63.2 Å². The number of Topliss-reactive ketones (excluding diaryl/α,β-unsaturated/α-hetero) is 1. The van der Waals surface area contributed by atoms with Crippen molar-refractivity contribution in [3.05, 3.63) is 59.9 Å². The van der Waals surface area contributed by atoms with Crippen LogP contribution in [-0.2, 0) is 9.84 Å². The summed E-state index contributed by atoms with van der Waals surface area (Å²) < 4.78 is 36.0. The Bertz CT molecular complexity index is 755. The van der Waals surface area contributed by atoms with Gasteiger partial charge in [-0.3, -0.25) is 4.79 Å². The van der Waals surface area contributed by atoms with Crippen molar-refractivity contribution in [1.82, 2.24) is 0 Å². The number of anilines is 1. The molecular weight excluding hydrogens is 293 g/mol. The highest BCUT2D eigenvalue weighted by atomic mass is 32.2. The molecule has 1 N–H and O–H groups in total. The van der Waals surface area contributed by atoms with Crippen molar-refractivity contribution >= 4 is 21.3 Å². The van der Waals surface area contributed by atoms with E-state index >= 15 is 0 Å². The minimum Gasteiger partial charge on any atom is -0.375 e. The lowest BCUT2D eigenvalue weighted by Crippen LogP contribution is -2.14. The second-order valence-electron chi connectivity index (χ2n) is 4.55. The first-order valence-corrected chi connectivity index (χ1v) is 8.09. The van der Waals surface area contributed by atoms with E-state index in [1.165, 1.54) is 36.4 Å². The maximum absolute atomic E-state index is 13.4. The second-order valence-corrected chi connectivity index (χ2v) is 6.57. The van der Waals surface area contributed by atoms with E-state index in [2.05, 4.69) is 5.32 Å². The number of carbonyl (C=O) groups excluding carboxylic acids is 1. The van der Waals surface area contributed by atoms with E-state index < -0.39 is 15.7 Å². The van der Waals surface area contributed by atoms with Crippen molar-refractivity contribution in [3.8, 4) is 0 Å². The van der Waals surface area contributed by atoms with Gasteiger partial charge in [0, 0.05) is 11.8 Å². The Balaban J connectivity index is 2.06. The normalized spacial score (nSPS) is 11.1. The van der Waals surface area contributed by atoms with Gasteiger partial charge in [-0.25, -0.2) is 12.8 Å². The summed E-state index contributed by atoms with van der Waals surface area (Å²) in [7, 11) is -3.28. The van der Waals surface area contributed by atoms with E-state index in [0.717, 1.165) is 6.26 Å². The Morgan fingerprint density at radius 3 is 2.29 bits per heavy atom. The Morgan fingerprint density at radius 1 is 1.10 bits per heavy atom. The predicted octanol–water partition coefficient (Wildman–Crippen LogP) is 2.52. The van der Waals surface area contributed by atoms with Crippen LogP contribution in [0.2, 0.25) is 0 Å². The van der Waals surface area contributed by atoms with Crippen molar-refractivity contribution in [2.75, 3.05) is 18.1 Å². The van der Waals surface area contributed by atoms with Gasteiger partial charge in [0.2, 0.25) is 0 Å². The SMILES string of the molecule is CS(=O)(=O)c1ccc(C(=O)CNc2ccccc2F)cc1. The van der Waals surface area contributed by atoms with Gasteiger partial charge >= 0.3 is 0 Å². The molecule has 0 aliphatic rings. The Hall–Kier alpha value is -2.21. The summed E-state index contributed by atoms with van der Waals surface area (Å²) in [6.45, 7) is -0.0703. The largest absolute Gasteiger partial charge is 0.375 e. The zero-order valence-electron chi connectivity index (χ0n) is 11.3. The molecule has 4 nitrogen and oxygen atoms in total. The van der Waals surface area contributed by atoms with Crippen LogP contribution in [0.1, 0.15) is 10.4 Å². The monoisotopic (exact) mass is 307 g/mol. The number of hydrogen-bond acceptors (Lipinski definition) is 4. The summed E-state index contributed by atoms with van der Waals surface area (Å²) in [6.07, 6.45) is 1.10. The van der Waals surface area contributed by atoms with Crippen LogP contribution in [0.3, 0.4) is 0 Å². The minimum absolute atomic E-state index is 0.0703.